The molecule has 0 saturated carbocycles. The number of hydrogen-bond acceptors (Lipinski definition) is 2. The van der Waals surface area contributed by atoms with Crippen LogP contribution in [0, 0.1) is 6.92 Å². The largest absolute Gasteiger partial charge is 0.478 e. The van der Waals surface area contributed by atoms with Gasteiger partial charge in [-0.25, -0.2) is 4.79 Å². The van der Waals surface area contributed by atoms with E-state index in [4.69, 9.17) is 16.7 Å². The number of rotatable bonds is 1. The first-order valence-electron chi connectivity index (χ1n) is 4.64. The molecule has 0 fully saturated rings. The minimum absolute atomic E-state index is 0.160. The molecule has 0 radical (unpaired) electrons. The summed E-state index contributed by atoms with van der Waals surface area (Å²) in [5.74, 6) is -0.998. The van der Waals surface area contributed by atoms with Crippen LogP contribution >= 0.6 is 11.6 Å². The molecule has 0 atom stereocenters. The SMILES string of the molecule is Cc1nc(C(C)(C)C)c(Cl)cc1C(=O)O. The molecule has 0 unspecified atom stereocenters. The molecule has 1 N–H and O–H groups in total. The molecule has 0 spiro atoms. The summed E-state index contributed by atoms with van der Waals surface area (Å²) in [5, 5.41) is 9.29. The molecule has 0 aliphatic rings. The number of hydrogen-bond donors (Lipinski definition) is 1. The number of nitrogens with zero attached hydrogens (tertiary/aromatic N) is 1. The highest BCUT2D eigenvalue weighted by atomic mass is 35.5. The Kier molecular flexibility index (Phi) is 3.05. The average molecular weight is 228 g/mol. The lowest BCUT2D eigenvalue weighted by molar-refractivity contribution is 0.0695. The molecule has 1 heterocycles. The molecule has 15 heavy (non-hydrogen) atoms. The highest BCUT2D eigenvalue weighted by Crippen LogP contribution is 2.29. The highest BCUT2D eigenvalue weighted by molar-refractivity contribution is 6.31. The molecule has 0 aromatic carbocycles. The van der Waals surface area contributed by atoms with Crippen LogP contribution in [-0.2, 0) is 5.41 Å². The van der Waals surface area contributed by atoms with Crippen LogP contribution in [0.2, 0.25) is 5.02 Å². The van der Waals surface area contributed by atoms with Crippen LogP contribution in [0.4, 0.5) is 0 Å². The average Bonchev–Trinajstić information content (AvgIpc) is 2.06. The summed E-state index contributed by atoms with van der Waals surface area (Å²) in [6, 6.07) is 1.47. The van der Waals surface area contributed by atoms with E-state index in [2.05, 4.69) is 4.98 Å². The van der Waals surface area contributed by atoms with Gasteiger partial charge in [0.1, 0.15) is 0 Å². The van der Waals surface area contributed by atoms with Crippen LogP contribution in [0.15, 0.2) is 6.07 Å². The highest BCUT2D eigenvalue weighted by Gasteiger charge is 2.22. The van der Waals surface area contributed by atoms with Crippen molar-refractivity contribution in [2.75, 3.05) is 0 Å². The normalized spacial score (nSPS) is 11.5. The zero-order valence-corrected chi connectivity index (χ0v) is 10.0. The molecule has 1 aromatic heterocycles. The van der Waals surface area contributed by atoms with E-state index in [0.29, 0.717) is 10.7 Å². The second kappa shape index (κ2) is 3.81. The Morgan fingerprint density at radius 2 is 2.00 bits per heavy atom. The van der Waals surface area contributed by atoms with Gasteiger partial charge in [-0.05, 0) is 13.0 Å². The molecular weight excluding hydrogens is 214 g/mol. The van der Waals surface area contributed by atoms with E-state index < -0.39 is 5.97 Å². The van der Waals surface area contributed by atoms with Gasteiger partial charge in [0.15, 0.2) is 0 Å². The Morgan fingerprint density at radius 1 is 1.47 bits per heavy atom. The summed E-state index contributed by atoms with van der Waals surface area (Å²) in [6.45, 7) is 7.64. The number of aryl methyl sites for hydroxylation is 1. The van der Waals surface area contributed by atoms with Crippen molar-refractivity contribution in [2.45, 2.75) is 33.1 Å². The lowest BCUT2D eigenvalue weighted by Crippen LogP contribution is -2.16. The van der Waals surface area contributed by atoms with Gasteiger partial charge in [-0.15, -0.1) is 0 Å². The summed E-state index contributed by atoms with van der Waals surface area (Å²) in [5.41, 5.74) is 1.20. The van der Waals surface area contributed by atoms with E-state index in [9.17, 15) is 4.79 Å². The number of halogens is 1. The van der Waals surface area contributed by atoms with Gasteiger partial charge in [-0.2, -0.15) is 0 Å². The zero-order valence-electron chi connectivity index (χ0n) is 9.26. The fraction of sp³-hybridized carbons (Fsp3) is 0.455. The quantitative estimate of drug-likeness (QED) is 0.802. The predicted octanol–water partition coefficient (Wildman–Crippen LogP) is 3.04. The Labute approximate surface area is 94.1 Å². The molecule has 1 rings (SSSR count). The minimum atomic E-state index is -0.998. The van der Waals surface area contributed by atoms with Crippen molar-refractivity contribution in [3.63, 3.8) is 0 Å². The Bertz CT molecular complexity index is 408. The topological polar surface area (TPSA) is 50.2 Å². The second-order valence-corrected chi connectivity index (χ2v) is 4.91. The summed E-state index contributed by atoms with van der Waals surface area (Å²) in [4.78, 5) is 15.1. The fourth-order valence-electron chi connectivity index (χ4n) is 1.32. The summed E-state index contributed by atoms with van der Waals surface area (Å²) < 4.78 is 0. The van der Waals surface area contributed by atoms with Crippen LogP contribution in [0.1, 0.15) is 42.5 Å². The van der Waals surface area contributed by atoms with Crippen molar-refractivity contribution < 1.29 is 9.90 Å². The van der Waals surface area contributed by atoms with E-state index >= 15 is 0 Å². The fourth-order valence-corrected chi connectivity index (χ4v) is 1.76. The monoisotopic (exact) mass is 227 g/mol. The molecule has 0 amide bonds. The van der Waals surface area contributed by atoms with Gasteiger partial charge in [0.2, 0.25) is 0 Å². The molecule has 1 aromatic rings. The third kappa shape index (κ3) is 2.48. The van der Waals surface area contributed by atoms with E-state index in [1.807, 2.05) is 20.8 Å². The van der Waals surface area contributed by atoms with Gasteiger partial charge in [-0.3, -0.25) is 4.98 Å². The number of pyridine rings is 1. The second-order valence-electron chi connectivity index (χ2n) is 4.51. The maximum Gasteiger partial charge on any atom is 0.337 e. The summed E-state index contributed by atoms with van der Waals surface area (Å²) in [6.07, 6.45) is 0. The van der Waals surface area contributed by atoms with E-state index in [1.54, 1.807) is 6.92 Å². The van der Waals surface area contributed by atoms with Crippen molar-refractivity contribution in [2.24, 2.45) is 0 Å². The number of carboxylic acids is 1. The number of aromatic carboxylic acids is 1. The van der Waals surface area contributed by atoms with Crippen molar-refractivity contribution in [1.82, 2.24) is 4.98 Å². The van der Waals surface area contributed by atoms with Gasteiger partial charge < -0.3 is 5.11 Å². The smallest absolute Gasteiger partial charge is 0.337 e. The van der Waals surface area contributed by atoms with E-state index in [-0.39, 0.29) is 11.0 Å². The molecule has 82 valence electrons. The maximum atomic E-state index is 10.8. The van der Waals surface area contributed by atoms with E-state index in [1.165, 1.54) is 6.07 Å². The molecule has 0 aliphatic heterocycles. The summed E-state index contributed by atoms with van der Waals surface area (Å²) >= 11 is 6.00. The van der Waals surface area contributed by atoms with Crippen LogP contribution in [-0.4, -0.2) is 16.1 Å². The van der Waals surface area contributed by atoms with Gasteiger partial charge in [0.05, 0.1) is 22.0 Å². The van der Waals surface area contributed by atoms with Crippen LogP contribution in [0.3, 0.4) is 0 Å². The van der Waals surface area contributed by atoms with Gasteiger partial charge in [0, 0.05) is 5.41 Å². The Hall–Kier alpha value is -1.09. The van der Waals surface area contributed by atoms with Crippen molar-refractivity contribution in [3.8, 4) is 0 Å². The third-order valence-electron chi connectivity index (χ3n) is 2.11. The number of aromatic nitrogens is 1. The minimum Gasteiger partial charge on any atom is -0.478 e. The van der Waals surface area contributed by atoms with Crippen LogP contribution in [0.5, 0.6) is 0 Å². The molecule has 3 nitrogen and oxygen atoms in total. The van der Waals surface area contributed by atoms with Crippen LogP contribution < -0.4 is 0 Å². The predicted molar refractivity (Wildman–Crippen MR) is 59.6 cm³/mol. The van der Waals surface area contributed by atoms with Crippen LogP contribution in [0.25, 0.3) is 0 Å². The first-order chi connectivity index (χ1) is 6.73. The zero-order chi connectivity index (χ0) is 11.8. The number of carbonyl (C=O) groups is 1. The molecule has 0 bridgehead atoms. The summed E-state index contributed by atoms with van der Waals surface area (Å²) in [7, 11) is 0. The van der Waals surface area contributed by atoms with Gasteiger partial charge in [0.25, 0.3) is 0 Å². The third-order valence-corrected chi connectivity index (χ3v) is 2.40. The standard InChI is InChI=1S/C11H14ClNO2/c1-6-7(10(14)15)5-8(12)9(13-6)11(2,3)4/h5H,1-4H3,(H,14,15). The lowest BCUT2D eigenvalue weighted by atomic mass is 9.91. The first-order valence-corrected chi connectivity index (χ1v) is 5.02. The molecular formula is C11H14ClNO2. The van der Waals surface area contributed by atoms with E-state index in [0.717, 1.165) is 5.69 Å². The Balaban J connectivity index is 3.39. The molecule has 4 heteroatoms. The lowest BCUT2D eigenvalue weighted by Gasteiger charge is -2.20. The van der Waals surface area contributed by atoms with Crippen molar-refractivity contribution >= 4 is 17.6 Å². The van der Waals surface area contributed by atoms with Crippen molar-refractivity contribution in [1.29, 1.82) is 0 Å². The van der Waals surface area contributed by atoms with Crippen molar-refractivity contribution in [3.05, 3.63) is 28.0 Å². The molecule has 0 saturated heterocycles. The van der Waals surface area contributed by atoms with Gasteiger partial charge >= 0.3 is 5.97 Å². The maximum absolute atomic E-state index is 10.8. The van der Waals surface area contributed by atoms with Gasteiger partial charge in [-0.1, -0.05) is 32.4 Å². The molecule has 0 aliphatic carbocycles. The first kappa shape index (κ1) is 12.0. The number of carboxylic acid groups (broad SMARTS) is 1. The Morgan fingerprint density at radius 3 is 2.40 bits per heavy atom.